The van der Waals surface area contributed by atoms with Crippen molar-refractivity contribution in [1.29, 1.82) is 0 Å². The molecule has 2 nitrogen and oxygen atoms in total. The van der Waals surface area contributed by atoms with Crippen LogP contribution in [0.4, 0.5) is 19.0 Å². The first kappa shape index (κ1) is 11.4. The molecule has 0 fully saturated rings. The summed E-state index contributed by atoms with van der Waals surface area (Å²) in [7, 11) is 0. The number of allylic oxidation sites excluding steroid dienone is 1. The molecule has 88 valence electrons. The predicted octanol–water partition coefficient (Wildman–Crippen LogP) is 3.39. The summed E-state index contributed by atoms with van der Waals surface area (Å²) >= 11 is 0. The van der Waals surface area contributed by atoms with Crippen molar-refractivity contribution in [3.05, 3.63) is 42.6 Å². The fourth-order valence-electron chi connectivity index (χ4n) is 1.61. The third-order valence-electron chi connectivity index (χ3n) is 2.49. The van der Waals surface area contributed by atoms with E-state index in [0.717, 1.165) is 6.20 Å². The third-order valence-corrected chi connectivity index (χ3v) is 2.49. The van der Waals surface area contributed by atoms with Crippen molar-refractivity contribution in [2.24, 2.45) is 0 Å². The van der Waals surface area contributed by atoms with Crippen LogP contribution in [0.2, 0.25) is 0 Å². The molecule has 0 bridgehead atoms. The summed E-state index contributed by atoms with van der Waals surface area (Å²) in [6, 6.07) is 6.54. The van der Waals surface area contributed by atoms with Gasteiger partial charge in [-0.25, -0.2) is 4.98 Å². The monoisotopic (exact) mass is 238 g/mol. The van der Waals surface area contributed by atoms with Crippen LogP contribution in [0.25, 0.3) is 16.3 Å². The van der Waals surface area contributed by atoms with Gasteiger partial charge in [0.25, 0.3) is 0 Å². The van der Waals surface area contributed by atoms with Crippen LogP contribution < -0.4 is 5.73 Å². The highest BCUT2D eigenvalue weighted by Gasteiger charge is 2.34. The van der Waals surface area contributed by atoms with E-state index < -0.39 is 11.7 Å². The van der Waals surface area contributed by atoms with E-state index in [1.54, 1.807) is 24.3 Å². The molecule has 2 aromatic rings. The molecule has 5 heteroatoms. The van der Waals surface area contributed by atoms with E-state index >= 15 is 0 Å². The van der Waals surface area contributed by atoms with Crippen molar-refractivity contribution in [3.8, 4) is 0 Å². The number of benzene rings is 1. The molecule has 1 aromatic carbocycles. The van der Waals surface area contributed by atoms with Crippen molar-refractivity contribution < 1.29 is 13.2 Å². The Morgan fingerprint density at radius 2 is 1.76 bits per heavy atom. The minimum atomic E-state index is -4.47. The lowest BCUT2D eigenvalue weighted by atomic mass is 10.0. The second-order valence-electron chi connectivity index (χ2n) is 3.58. The zero-order valence-electron chi connectivity index (χ0n) is 8.75. The number of halogens is 3. The van der Waals surface area contributed by atoms with Crippen LogP contribution in [-0.2, 0) is 0 Å². The topological polar surface area (TPSA) is 38.9 Å². The number of anilines is 1. The van der Waals surface area contributed by atoms with Gasteiger partial charge >= 0.3 is 6.18 Å². The lowest BCUT2D eigenvalue weighted by molar-refractivity contribution is -0.0686. The molecule has 17 heavy (non-hydrogen) atoms. The maximum absolute atomic E-state index is 12.6. The molecular weight excluding hydrogens is 229 g/mol. The maximum Gasteiger partial charge on any atom is 0.416 e. The molecular formula is C12H9F3N2. The second-order valence-corrected chi connectivity index (χ2v) is 3.58. The molecule has 0 saturated heterocycles. The quantitative estimate of drug-likeness (QED) is 0.827. The minimum Gasteiger partial charge on any atom is -0.383 e. The van der Waals surface area contributed by atoms with E-state index in [1.807, 2.05) is 0 Å². The number of hydrogen-bond donors (Lipinski definition) is 1. The van der Waals surface area contributed by atoms with Gasteiger partial charge in [0, 0.05) is 17.1 Å². The summed E-state index contributed by atoms with van der Waals surface area (Å²) in [5.74, 6) is 0.208. The number of nitrogens with two attached hydrogens (primary N) is 1. The van der Waals surface area contributed by atoms with Crippen LogP contribution in [0.1, 0.15) is 5.56 Å². The van der Waals surface area contributed by atoms with E-state index in [1.165, 1.54) is 0 Å². The van der Waals surface area contributed by atoms with Gasteiger partial charge in [0.15, 0.2) is 0 Å². The summed E-state index contributed by atoms with van der Waals surface area (Å²) in [4.78, 5) is 3.76. The van der Waals surface area contributed by atoms with Crippen LogP contribution in [0, 0.1) is 0 Å². The van der Waals surface area contributed by atoms with Gasteiger partial charge in [0.1, 0.15) is 5.82 Å². The molecule has 0 atom stereocenters. The Hall–Kier alpha value is -2.04. The molecule has 0 amide bonds. The molecule has 2 N–H and O–H groups in total. The first-order valence-electron chi connectivity index (χ1n) is 4.81. The molecule has 0 unspecified atom stereocenters. The van der Waals surface area contributed by atoms with Gasteiger partial charge in [-0.05, 0) is 5.39 Å². The Labute approximate surface area is 95.6 Å². The molecule has 1 heterocycles. The van der Waals surface area contributed by atoms with Crippen LogP contribution >= 0.6 is 0 Å². The number of nitrogen functional groups attached to an aromatic ring is 1. The Kier molecular flexibility index (Phi) is 2.53. The molecule has 0 aliphatic carbocycles. The van der Waals surface area contributed by atoms with Gasteiger partial charge in [-0.2, -0.15) is 13.2 Å². The van der Waals surface area contributed by atoms with E-state index in [2.05, 4.69) is 11.6 Å². The van der Waals surface area contributed by atoms with Crippen LogP contribution in [0.3, 0.4) is 0 Å². The fraction of sp³-hybridized carbons (Fsp3) is 0.0833. The number of rotatable bonds is 1. The number of aromatic nitrogens is 1. The fourth-order valence-corrected chi connectivity index (χ4v) is 1.61. The van der Waals surface area contributed by atoms with Crippen molar-refractivity contribution >= 4 is 22.2 Å². The molecule has 0 radical (unpaired) electrons. The molecule has 0 aliphatic heterocycles. The van der Waals surface area contributed by atoms with Crippen molar-refractivity contribution in [1.82, 2.24) is 4.98 Å². The lowest BCUT2D eigenvalue weighted by Crippen LogP contribution is -2.10. The highest BCUT2D eigenvalue weighted by atomic mass is 19.4. The number of nitrogens with zero attached hydrogens (tertiary/aromatic N) is 1. The second kappa shape index (κ2) is 3.76. The van der Waals surface area contributed by atoms with Crippen molar-refractivity contribution in [2.75, 3.05) is 5.73 Å². The molecule has 0 aliphatic rings. The zero-order valence-corrected chi connectivity index (χ0v) is 8.75. The first-order valence-corrected chi connectivity index (χ1v) is 4.81. The highest BCUT2D eigenvalue weighted by Crippen LogP contribution is 2.36. The zero-order chi connectivity index (χ0) is 12.6. The third kappa shape index (κ3) is 1.95. The lowest BCUT2D eigenvalue weighted by Gasteiger charge is -2.13. The van der Waals surface area contributed by atoms with Crippen LogP contribution in [0.5, 0.6) is 0 Å². The first-order chi connectivity index (χ1) is 7.91. The van der Waals surface area contributed by atoms with Crippen molar-refractivity contribution in [3.63, 3.8) is 0 Å². The smallest absolute Gasteiger partial charge is 0.383 e. The van der Waals surface area contributed by atoms with Gasteiger partial charge in [-0.15, -0.1) is 0 Å². The van der Waals surface area contributed by atoms with Gasteiger partial charge in [0.05, 0.1) is 5.57 Å². The van der Waals surface area contributed by atoms with Crippen LogP contribution in [-0.4, -0.2) is 11.2 Å². The van der Waals surface area contributed by atoms with E-state index in [9.17, 15) is 13.2 Å². The summed E-state index contributed by atoms with van der Waals surface area (Å²) < 4.78 is 37.8. The molecule has 0 spiro atoms. The van der Waals surface area contributed by atoms with Crippen LogP contribution in [0.15, 0.2) is 37.0 Å². The Morgan fingerprint density at radius 1 is 1.18 bits per heavy atom. The van der Waals surface area contributed by atoms with E-state index in [4.69, 9.17) is 5.73 Å². The number of pyridine rings is 1. The maximum atomic E-state index is 12.6. The average Bonchev–Trinajstić information content (AvgIpc) is 2.28. The number of alkyl halides is 3. The summed E-state index contributed by atoms with van der Waals surface area (Å²) in [6.45, 7) is 3.07. The Morgan fingerprint density at radius 3 is 2.35 bits per heavy atom. The largest absolute Gasteiger partial charge is 0.416 e. The average molecular weight is 238 g/mol. The standard InChI is InChI=1S/C12H9F3N2/c1-7(12(13,14)15)10-6-17-11(16)9-5-3-2-4-8(9)10/h2-6H,1H2,(H2,16,17). The summed E-state index contributed by atoms with van der Waals surface area (Å²) in [5, 5.41) is 0.901. The van der Waals surface area contributed by atoms with Gasteiger partial charge in [-0.1, -0.05) is 30.8 Å². The van der Waals surface area contributed by atoms with E-state index in [-0.39, 0.29) is 11.4 Å². The highest BCUT2D eigenvalue weighted by molar-refractivity contribution is 5.99. The SMILES string of the molecule is C=C(c1cnc(N)c2ccccc12)C(F)(F)F. The Balaban J connectivity index is 2.72. The van der Waals surface area contributed by atoms with Crippen molar-refractivity contribution in [2.45, 2.75) is 6.18 Å². The minimum absolute atomic E-state index is 0.0395. The normalized spacial score (nSPS) is 11.7. The number of fused-ring (bicyclic) bond motifs is 1. The number of hydrogen-bond acceptors (Lipinski definition) is 2. The Bertz CT molecular complexity index is 588. The summed E-state index contributed by atoms with van der Waals surface area (Å²) in [6.07, 6.45) is -3.37. The molecule has 2 rings (SSSR count). The summed E-state index contributed by atoms with van der Waals surface area (Å²) in [5.41, 5.74) is 4.66. The molecule has 0 saturated carbocycles. The molecule has 1 aromatic heterocycles. The predicted molar refractivity (Wildman–Crippen MR) is 61.2 cm³/mol. The van der Waals surface area contributed by atoms with Gasteiger partial charge < -0.3 is 5.73 Å². The van der Waals surface area contributed by atoms with E-state index in [0.29, 0.717) is 10.8 Å². The van der Waals surface area contributed by atoms with Gasteiger partial charge in [-0.3, -0.25) is 0 Å². The van der Waals surface area contributed by atoms with Gasteiger partial charge in [0.2, 0.25) is 0 Å².